The lowest BCUT2D eigenvalue weighted by molar-refractivity contribution is 0.312. The summed E-state index contributed by atoms with van der Waals surface area (Å²) in [5.74, 6) is 0.878. The molecule has 19 heavy (non-hydrogen) atoms. The highest BCUT2D eigenvalue weighted by Gasteiger charge is 2.01. The second kappa shape index (κ2) is 8.04. The van der Waals surface area contributed by atoms with Crippen molar-refractivity contribution in [3.63, 3.8) is 0 Å². The zero-order valence-corrected chi connectivity index (χ0v) is 14.4. The summed E-state index contributed by atoms with van der Waals surface area (Å²) in [6.45, 7) is 2.51. The van der Waals surface area contributed by atoms with E-state index in [0.29, 0.717) is 6.61 Å². The molecular weight excluding hydrogens is 390 g/mol. The van der Waals surface area contributed by atoms with Crippen LogP contribution in [0.4, 0.5) is 0 Å². The Morgan fingerprint density at radius 1 is 1.16 bits per heavy atom. The van der Waals surface area contributed by atoms with E-state index in [0.717, 1.165) is 34.2 Å². The lowest BCUT2D eigenvalue weighted by Gasteiger charge is -2.09. The Hall–Kier alpha value is -0.360. The van der Waals surface area contributed by atoms with Crippen LogP contribution in [-0.4, -0.2) is 19.7 Å². The van der Waals surface area contributed by atoms with Gasteiger partial charge >= 0.3 is 0 Å². The molecule has 0 radical (unpaired) electrons. The number of benzene rings is 1. The van der Waals surface area contributed by atoms with Crippen molar-refractivity contribution in [3.8, 4) is 5.75 Å². The second-order valence-electron chi connectivity index (χ2n) is 4.05. The molecule has 0 aliphatic heterocycles. The zero-order chi connectivity index (χ0) is 13.5. The van der Waals surface area contributed by atoms with Crippen LogP contribution in [0, 0.1) is 0 Å². The molecule has 1 N–H and O–H groups in total. The van der Waals surface area contributed by atoms with Gasteiger partial charge in [0.2, 0.25) is 0 Å². The molecule has 2 nitrogen and oxygen atoms in total. The highest BCUT2D eigenvalue weighted by atomic mass is 79.9. The maximum Gasteiger partial charge on any atom is 0.133 e. The Balaban J connectivity index is 1.61. The lowest BCUT2D eigenvalue weighted by atomic mass is 10.2. The first kappa shape index (κ1) is 15.0. The third-order valence-corrected chi connectivity index (χ3v) is 4.45. The number of hydrogen-bond acceptors (Lipinski definition) is 3. The minimum absolute atomic E-state index is 0.671. The molecule has 0 aliphatic rings. The fourth-order valence-electron chi connectivity index (χ4n) is 1.62. The Labute approximate surface area is 134 Å². The van der Waals surface area contributed by atoms with Crippen molar-refractivity contribution in [2.24, 2.45) is 0 Å². The Kier molecular flexibility index (Phi) is 6.37. The molecule has 0 amide bonds. The summed E-state index contributed by atoms with van der Waals surface area (Å²) >= 11 is 8.65. The van der Waals surface area contributed by atoms with Gasteiger partial charge in [0.1, 0.15) is 12.4 Å². The molecule has 0 atom stereocenters. The van der Waals surface area contributed by atoms with Crippen LogP contribution in [0.1, 0.15) is 5.56 Å². The molecule has 102 valence electrons. The fourth-order valence-corrected chi connectivity index (χ4v) is 3.48. The molecule has 2 aromatic rings. The molecule has 1 heterocycles. The van der Waals surface area contributed by atoms with E-state index in [1.165, 1.54) is 5.56 Å². The number of thiophene rings is 1. The smallest absolute Gasteiger partial charge is 0.133 e. The molecule has 0 saturated heterocycles. The average Bonchev–Trinajstić information content (AvgIpc) is 2.89. The van der Waals surface area contributed by atoms with E-state index in [1.807, 2.05) is 18.2 Å². The molecule has 1 aromatic carbocycles. The van der Waals surface area contributed by atoms with Crippen molar-refractivity contribution < 1.29 is 4.74 Å². The van der Waals surface area contributed by atoms with Crippen LogP contribution in [-0.2, 0) is 6.42 Å². The number of halogens is 2. The number of nitrogens with one attached hydrogen (secondary N) is 1. The van der Waals surface area contributed by atoms with Crippen molar-refractivity contribution in [3.05, 3.63) is 49.5 Å². The highest BCUT2D eigenvalue weighted by Crippen LogP contribution is 2.27. The monoisotopic (exact) mass is 403 g/mol. The van der Waals surface area contributed by atoms with Gasteiger partial charge in [-0.15, -0.1) is 0 Å². The first-order chi connectivity index (χ1) is 9.25. The van der Waals surface area contributed by atoms with Gasteiger partial charge in [-0.05, 0) is 69.5 Å². The summed E-state index contributed by atoms with van der Waals surface area (Å²) in [5.41, 5.74) is 1.40. The molecule has 5 heteroatoms. The predicted octanol–water partition coefficient (Wildman–Crippen LogP) is 4.48. The van der Waals surface area contributed by atoms with Crippen molar-refractivity contribution >= 4 is 43.2 Å². The van der Waals surface area contributed by atoms with E-state index in [2.05, 4.69) is 54.0 Å². The van der Waals surface area contributed by atoms with Gasteiger partial charge in [0.15, 0.2) is 0 Å². The van der Waals surface area contributed by atoms with Crippen LogP contribution >= 0.6 is 43.2 Å². The first-order valence-corrected chi connectivity index (χ1v) is 8.58. The Morgan fingerprint density at radius 3 is 2.79 bits per heavy atom. The summed E-state index contributed by atoms with van der Waals surface area (Å²) in [6.07, 6.45) is 1.07. The van der Waals surface area contributed by atoms with Gasteiger partial charge in [-0.3, -0.25) is 0 Å². The summed E-state index contributed by atoms with van der Waals surface area (Å²) < 4.78 is 7.72. The van der Waals surface area contributed by atoms with Crippen LogP contribution in [0.15, 0.2) is 44.0 Å². The van der Waals surface area contributed by atoms with Gasteiger partial charge in [-0.2, -0.15) is 11.3 Å². The SMILES string of the molecule is Brc1ccc(OCCNCCc2ccsc2)c(Br)c1. The highest BCUT2D eigenvalue weighted by molar-refractivity contribution is 9.11. The summed E-state index contributed by atoms with van der Waals surface area (Å²) in [6, 6.07) is 8.09. The van der Waals surface area contributed by atoms with E-state index >= 15 is 0 Å². The normalized spacial score (nSPS) is 10.6. The van der Waals surface area contributed by atoms with E-state index < -0.39 is 0 Å². The van der Waals surface area contributed by atoms with Crippen LogP contribution < -0.4 is 10.1 Å². The molecule has 0 aliphatic carbocycles. The van der Waals surface area contributed by atoms with E-state index in [9.17, 15) is 0 Å². The maximum absolute atomic E-state index is 5.70. The molecule has 2 rings (SSSR count). The molecule has 0 saturated carbocycles. The summed E-state index contributed by atoms with van der Waals surface area (Å²) in [4.78, 5) is 0. The van der Waals surface area contributed by atoms with Crippen LogP contribution in [0.5, 0.6) is 5.75 Å². The third-order valence-electron chi connectivity index (χ3n) is 2.60. The standard InChI is InChI=1S/C14H15Br2NOS/c15-12-1-2-14(13(16)9-12)18-7-6-17-5-3-11-4-8-19-10-11/h1-2,4,8-10,17H,3,5-7H2. The second-order valence-corrected chi connectivity index (χ2v) is 6.60. The van der Waals surface area contributed by atoms with Gasteiger partial charge in [-0.25, -0.2) is 0 Å². The van der Waals surface area contributed by atoms with Crippen molar-refractivity contribution in [1.29, 1.82) is 0 Å². The van der Waals surface area contributed by atoms with Gasteiger partial charge < -0.3 is 10.1 Å². The Bertz CT molecular complexity index is 502. The van der Waals surface area contributed by atoms with Gasteiger partial charge in [0.05, 0.1) is 4.47 Å². The maximum atomic E-state index is 5.70. The number of ether oxygens (including phenoxy) is 1. The largest absolute Gasteiger partial charge is 0.491 e. The summed E-state index contributed by atoms with van der Waals surface area (Å²) in [5, 5.41) is 7.69. The fraction of sp³-hybridized carbons (Fsp3) is 0.286. The first-order valence-electron chi connectivity index (χ1n) is 6.05. The average molecular weight is 405 g/mol. The quantitative estimate of drug-likeness (QED) is 0.686. The molecule has 0 unspecified atom stereocenters. The summed E-state index contributed by atoms with van der Waals surface area (Å²) in [7, 11) is 0. The van der Waals surface area contributed by atoms with Gasteiger partial charge in [0, 0.05) is 11.0 Å². The topological polar surface area (TPSA) is 21.3 Å². The predicted molar refractivity (Wildman–Crippen MR) is 88.2 cm³/mol. The lowest BCUT2D eigenvalue weighted by Crippen LogP contribution is -2.23. The number of rotatable bonds is 7. The van der Waals surface area contributed by atoms with Crippen LogP contribution in [0.3, 0.4) is 0 Å². The zero-order valence-electron chi connectivity index (χ0n) is 10.4. The van der Waals surface area contributed by atoms with Crippen molar-refractivity contribution in [1.82, 2.24) is 5.32 Å². The van der Waals surface area contributed by atoms with Crippen molar-refractivity contribution in [2.45, 2.75) is 6.42 Å². The van der Waals surface area contributed by atoms with Crippen LogP contribution in [0.25, 0.3) is 0 Å². The minimum Gasteiger partial charge on any atom is -0.491 e. The van der Waals surface area contributed by atoms with E-state index in [1.54, 1.807) is 11.3 Å². The van der Waals surface area contributed by atoms with Gasteiger partial charge in [0.25, 0.3) is 0 Å². The minimum atomic E-state index is 0.671. The van der Waals surface area contributed by atoms with E-state index in [4.69, 9.17) is 4.74 Å². The van der Waals surface area contributed by atoms with Crippen LogP contribution in [0.2, 0.25) is 0 Å². The number of hydrogen-bond donors (Lipinski definition) is 1. The van der Waals surface area contributed by atoms with E-state index in [-0.39, 0.29) is 0 Å². The third kappa shape index (κ3) is 5.26. The Morgan fingerprint density at radius 2 is 2.05 bits per heavy atom. The molecule has 0 spiro atoms. The molecular formula is C14H15Br2NOS. The molecule has 0 bridgehead atoms. The molecule has 0 fully saturated rings. The van der Waals surface area contributed by atoms with Gasteiger partial charge in [-0.1, -0.05) is 15.9 Å². The van der Waals surface area contributed by atoms with Crippen molar-refractivity contribution in [2.75, 3.05) is 19.7 Å². The molecule has 1 aromatic heterocycles.